The van der Waals surface area contributed by atoms with Crippen LogP contribution < -0.4 is 11.1 Å². The van der Waals surface area contributed by atoms with Gasteiger partial charge in [-0.05, 0) is 36.4 Å². The highest BCUT2D eigenvalue weighted by atomic mass is 32.2. The fraction of sp³-hybridized carbons (Fsp3) is 0. The van der Waals surface area contributed by atoms with Crippen molar-refractivity contribution in [3.05, 3.63) is 66.5 Å². The summed E-state index contributed by atoms with van der Waals surface area (Å²) in [6.07, 6.45) is 2.76. The van der Waals surface area contributed by atoms with Gasteiger partial charge in [-0.25, -0.2) is 9.97 Å². The van der Waals surface area contributed by atoms with Crippen LogP contribution >= 0.6 is 11.8 Å². The normalized spacial score (nSPS) is 10.8. The molecule has 4 rings (SSSR count). The lowest BCUT2D eigenvalue weighted by molar-refractivity contribution is 1.16. The van der Waals surface area contributed by atoms with Crippen LogP contribution in [0.25, 0.3) is 11.0 Å². The monoisotopic (exact) mass is 360 g/mol. The van der Waals surface area contributed by atoms with Crippen molar-refractivity contribution in [3.63, 3.8) is 0 Å². The highest BCUT2D eigenvalue weighted by molar-refractivity contribution is 7.99. The molecule has 0 aliphatic rings. The molecular weight excluding hydrogens is 344 g/mol. The van der Waals surface area contributed by atoms with E-state index in [1.54, 1.807) is 17.8 Å². The first-order valence-corrected chi connectivity index (χ1v) is 8.78. The molecule has 128 valence electrons. The van der Waals surface area contributed by atoms with Crippen molar-refractivity contribution in [2.24, 2.45) is 0 Å². The van der Waals surface area contributed by atoms with Gasteiger partial charge < -0.3 is 21.4 Å². The molecule has 0 atom stereocenters. The van der Waals surface area contributed by atoms with Gasteiger partial charge in [0.2, 0.25) is 0 Å². The largest absolute Gasteiger partial charge is 0.398 e. The average Bonchev–Trinajstić information content (AvgIpc) is 3.07. The van der Waals surface area contributed by atoms with Gasteiger partial charge in [-0.15, -0.1) is 0 Å². The zero-order valence-corrected chi connectivity index (χ0v) is 14.5. The molecule has 0 fully saturated rings. The molecule has 0 spiro atoms. The molecule has 5 N–H and O–H groups in total. The third-order valence-corrected chi connectivity index (χ3v) is 4.82. The molecule has 2 heterocycles. The molecule has 6 nitrogen and oxygen atoms in total. The fourth-order valence-electron chi connectivity index (χ4n) is 2.60. The van der Waals surface area contributed by atoms with E-state index in [2.05, 4.69) is 32.4 Å². The van der Waals surface area contributed by atoms with Gasteiger partial charge in [0.25, 0.3) is 0 Å². The number of H-pyrrole nitrogens is 1. The first-order chi connectivity index (χ1) is 12.7. The van der Waals surface area contributed by atoms with Crippen molar-refractivity contribution in [2.45, 2.75) is 9.92 Å². The molecule has 0 saturated carbocycles. The quantitative estimate of drug-likeness (QED) is 0.311. The van der Waals surface area contributed by atoms with Gasteiger partial charge in [0.15, 0.2) is 0 Å². The Labute approximate surface area is 154 Å². The highest BCUT2D eigenvalue weighted by Gasteiger charge is 2.10. The van der Waals surface area contributed by atoms with E-state index < -0.39 is 0 Å². The van der Waals surface area contributed by atoms with E-state index >= 15 is 0 Å². The van der Waals surface area contributed by atoms with Crippen LogP contribution in [0.4, 0.5) is 17.2 Å². The highest BCUT2D eigenvalue weighted by Crippen LogP contribution is 2.32. The summed E-state index contributed by atoms with van der Waals surface area (Å²) in [7, 11) is 0. The SMILES string of the molecule is N=Cc1cc(Nc2ncnc3[nH]c(Sc4ccccc4)cc23)ccc1N. The molecule has 0 unspecified atom stereocenters. The summed E-state index contributed by atoms with van der Waals surface area (Å²) >= 11 is 1.64. The minimum atomic E-state index is 0.571. The third-order valence-electron chi connectivity index (χ3n) is 3.88. The number of aromatic amines is 1. The summed E-state index contributed by atoms with van der Waals surface area (Å²) < 4.78 is 0. The van der Waals surface area contributed by atoms with Crippen LogP contribution in [0.15, 0.2) is 70.8 Å². The van der Waals surface area contributed by atoms with Crippen LogP contribution in [0.5, 0.6) is 0 Å². The molecule has 4 aromatic rings. The zero-order valence-electron chi connectivity index (χ0n) is 13.7. The Balaban J connectivity index is 1.66. The minimum Gasteiger partial charge on any atom is -0.398 e. The molecular formula is C19H16N6S. The molecule has 0 bridgehead atoms. The van der Waals surface area contributed by atoms with E-state index in [1.807, 2.05) is 36.4 Å². The molecule has 0 aliphatic carbocycles. The number of nitrogen functional groups attached to an aromatic ring is 1. The lowest BCUT2D eigenvalue weighted by Crippen LogP contribution is -1.98. The Bertz CT molecular complexity index is 1070. The fourth-order valence-corrected chi connectivity index (χ4v) is 3.47. The van der Waals surface area contributed by atoms with Crippen molar-refractivity contribution < 1.29 is 0 Å². The number of hydrogen-bond donors (Lipinski definition) is 4. The Hall–Kier alpha value is -3.32. The number of nitrogens with zero attached hydrogens (tertiary/aromatic N) is 2. The molecule has 0 radical (unpaired) electrons. The maximum atomic E-state index is 7.44. The second kappa shape index (κ2) is 6.89. The number of aromatic nitrogens is 3. The second-order valence-electron chi connectivity index (χ2n) is 5.65. The van der Waals surface area contributed by atoms with E-state index in [4.69, 9.17) is 11.1 Å². The Morgan fingerprint density at radius 2 is 1.92 bits per heavy atom. The van der Waals surface area contributed by atoms with Gasteiger partial charge in [-0.1, -0.05) is 30.0 Å². The first-order valence-electron chi connectivity index (χ1n) is 7.96. The van der Waals surface area contributed by atoms with Crippen molar-refractivity contribution >= 4 is 46.2 Å². The van der Waals surface area contributed by atoms with Crippen molar-refractivity contribution in [1.82, 2.24) is 15.0 Å². The predicted molar refractivity (Wildman–Crippen MR) is 106 cm³/mol. The molecule has 0 aliphatic heterocycles. The summed E-state index contributed by atoms with van der Waals surface area (Å²) in [6, 6.07) is 17.6. The van der Waals surface area contributed by atoms with E-state index in [-0.39, 0.29) is 0 Å². The van der Waals surface area contributed by atoms with E-state index in [9.17, 15) is 0 Å². The molecule has 2 aromatic heterocycles. The van der Waals surface area contributed by atoms with Gasteiger partial charge in [0, 0.05) is 28.0 Å². The number of hydrogen-bond acceptors (Lipinski definition) is 6. The standard InChI is InChI=1S/C19H16N6S/c20-10-12-8-13(6-7-16(12)21)24-18-15-9-17(25-19(15)23-11-22-18)26-14-4-2-1-3-5-14/h1-11,20H,21H2,(H2,22,23,24,25). The zero-order chi connectivity index (χ0) is 17.9. The molecule has 0 saturated heterocycles. The maximum Gasteiger partial charge on any atom is 0.143 e. The lowest BCUT2D eigenvalue weighted by atomic mass is 10.1. The maximum absolute atomic E-state index is 7.44. The summed E-state index contributed by atoms with van der Waals surface area (Å²) in [5.41, 5.74) is 8.66. The number of benzene rings is 2. The Morgan fingerprint density at radius 1 is 1.08 bits per heavy atom. The summed E-state index contributed by atoms with van der Waals surface area (Å²) in [6.45, 7) is 0. The van der Waals surface area contributed by atoms with Gasteiger partial charge >= 0.3 is 0 Å². The van der Waals surface area contributed by atoms with Gasteiger partial charge in [0.1, 0.15) is 17.8 Å². The Kier molecular flexibility index (Phi) is 4.28. The summed E-state index contributed by atoms with van der Waals surface area (Å²) in [5.74, 6) is 0.701. The number of nitrogens with two attached hydrogens (primary N) is 1. The van der Waals surface area contributed by atoms with Crippen LogP contribution in [-0.2, 0) is 0 Å². The average molecular weight is 360 g/mol. The molecule has 0 amide bonds. The van der Waals surface area contributed by atoms with Gasteiger partial charge in [0.05, 0.1) is 10.4 Å². The smallest absolute Gasteiger partial charge is 0.143 e. The predicted octanol–water partition coefficient (Wildman–Crippen LogP) is 4.43. The molecule has 7 heteroatoms. The van der Waals surface area contributed by atoms with Gasteiger partial charge in [-0.2, -0.15) is 0 Å². The van der Waals surface area contributed by atoms with Gasteiger partial charge in [-0.3, -0.25) is 0 Å². The molecule has 2 aromatic carbocycles. The molecule has 26 heavy (non-hydrogen) atoms. The topological polar surface area (TPSA) is 103 Å². The van der Waals surface area contributed by atoms with Crippen LogP contribution in [0.2, 0.25) is 0 Å². The summed E-state index contributed by atoms with van der Waals surface area (Å²) in [5, 5.41) is 12.6. The number of nitrogens with one attached hydrogen (secondary N) is 3. The van der Waals surface area contributed by atoms with Crippen LogP contribution in [0.3, 0.4) is 0 Å². The first kappa shape index (κ1) is 16.2. The van der Waals surface area contributed by atoms with Crippen LogP contribution in [0.1, 0.15) is 5.56 Å². The van der Waals surface area contributed by atoms with E-state index in [0.717, 1.165) is 26.6 Å². The number of fused-ring (bicyclic) bond motifs is 1. The van der Waals surface area contributed by atoms with Crippen molar-refractivity contribution in [3.8, 4) is 0 Å². The summed E-state index contributed by atoms with van der Waals surface area (Å²) in [4.78, 5) is 13.1. The van der Waals surface area contributed by atoms with Crippen LogP contribution in [-0.4, -0.2) is 21.2 Å². The van der Waals surface area contributed by atoms with E-state index in [0.29, 0.717) is 17.1 Å². The number of anilines is 3. The third kappa shape index (κ3) is 3.25. The lowest BCUT2D eigenvalue weighted by Gasteiger charge is -2.08. The van der Waals surface area contributed by atoms with Crippen molar-refractivity contribution in [1.29, 1.82) is 5.41 Å². The minimum absolute atomic E-state index is 0.571. The number of rotatable bonds is 5. The van der Waals surface area contributed by atoms with Crippen molar-refractivity contribution in [2.75, 3.05) is 11.1 Å². The van der Waals surface area contributed by atoms with E-state index in [1.165, 1.54) is 12.5 Å². The second-order valence-corrected chi connectivity index (χ2v) is 6.76. The van der Waals surface area contributed by atoms with Crippen LogP contribution in [0, 0.1) is 5.41 Å². The Morgan fingerprint density at radius 3 is 2.73 bits per heavy atom.